The first-order chi connectivity index (χ1) is 9.58. The Hall–Kier alpha value is -2.81. The second-order valence-electron chi connectivity index (χ2n) is 3.93. The standard InChI is InChI=1S/C14H11FN2O3/c1-3-6-16-13(18)12-8-9-7-10(15)4-5-11(9)14(19)17(12)20-2/h1,4-5,7-8H,6H2,2H3,(H,16,18). The van der Waals surface area contributed by atoms with Crippen molar-refractivity contribution in [2.24, 2.45) is 0 Å². The molecule has 0 unspecified atom stereocenters. The quantitative estimate of drug-likeness (QED) is 0.832. The van der Waals surface area contributed by atoms with Crippen LogP contribution in [0.25, 0.3) is 10.8 Å². The highest BCUT2D eigenvalue weighted by Crippen LogP contribution is 2.13. The van der Waals surface area contributed by atoms with E-state index in [4.69, 9.17) is 11.3 Å². The molecule has 5 nitrogen and oxygen atoms in total. The van der Waals surface area contributed by atoms with Crippen LogP contribution >= 0.6 is 0 Å². The van der Waals surface area contributed by atoms with Gasteiger partial charge in [0.1, 0.15) is 18.6 Å². The molecule has 1 aromatic carbocycles. The van der Waals surface area contributed by atoms with Crippen molar-refractivity contribution in [3.05, 3.63) is 46.1 Å². The number of amides is 1. The summed E-state index contributed by atoms with van der Waals surface area (Å²) in [5, 5.41) is 2.99. The lowest BCUT2D eigenvalue weighted by Gasteiger charge is -2.11. The van der Waals surface area contributed by atoms with E-state index in [1.165, 1.54) is 31.4 Å². The van der Waals surface area contributed by atoms with Gasteiger partial charge in [-0.15, -0.1) is 11.2 Å². The Morgan fingerprint density at radius 2 is 2.25 bits per heavy atom. The summed E-state index contributed by atoms with van der Waals surface area (Å²) in [6.07, 6.45) is 5.05. The molecule has 20 heavy (non-hydrogen) atoms. The molecule has 1 aromatic heterocycles. The van der Waals surface area contributed by atoms with E-state index >= 15 is 0 Å². The third-order valence-electron chi connectivity index (χ3n) is 2.71. The molecule has 0 aliphatic rings. The number of carbonyl (C=O) groups is 1. The minimum Gasteiger partial charge on any atom is -0.413 e. The summed E-state index contributed by atoms with van der Waals surface area (Å²) >= 11 is 0. The topological polar surface area (TPSA) is 60.3 Å². The lowest BCUT2D eigenvalue weighted by Crippen LogP contribution is -2.35. The number of aromatic nitrogens is 1. The minimum absolute atomic E-state index is 0.0118. The normalized spacial score (nSPS) is 10.1. The predicted molar refractivity (Wildman–Crippen MR) is 71.8 cm³/mol. The number of benzene rings is 1. The first-order valence-corrected chi connectivity index (χ1v) is 5.70. The third-order valence-corrected chi connectivity index (χ3v) is 2.71. The van der Waals surface area contributed by atoms with Gasteiger partial charge >= 0.3 is 0 Å². The number of nitrogens with one attached hydrogen (secondary N) is 1. The van der Waals surface area contributed by atoms with Crippen LogP contribution in [0.1, 0.15) is 10.5 Å². The summed E-state index contributed by atoms with van der Waals surface area (Å²) in [6, 6.07) is 5.05. The zero-order valence-corrected chi connectivity index (χ0v) is 10.6. The van der Waals surface area contributed by atoms with E-state index in [1.54, 1.807) is 0 Å². The Morgan fingerprint density at radius 3 is 2.90 bits per heavy atom. The largest absolute Gasteiger partial charge is 0.413 e. The van der Waals surface area contributed by atoms with Crippen molar-refractivity contribution in [2.45, 2.75) is 0 Å². The van der Waals surface area contributed by atoms with E-state index in [9.17, 15) is 14.0 Å². The van der Waals surface area contributed by atoms with E-state index in [0.717, 1.165) is 4.73 Å². The number of rotatable bonds is 3. The molecule has 0 aliphatic carbocycles. The molecule has 2 aromatic rings. The molecular formula is C14H11FN2O3. The van der Waals surface area contributed by atoms with Crippen LogP contribution in [-0.4, -0.2) is 24.3 Å². The predicted octanol–water partition coefficient (Wildman–Crippen LogP) is 0.562. The Morgan fingerprint density at radius 1 is 1.50 bits per heavy atom. The first-order valence-electron chi connectivity index (χ1n) is 5.70. The van der Waals surface area contributed by atoms with Gasteiger partial charge in [-0.1, -0.05) is 5.92 Å². The van der Waals surface area contributed by atoms with Crippen molar-refractivity contribution in [1.82, 2.24) is 10.0 Å². The number of fused-ring (bicyclic) bond motifs is 1. The maximum Gasteiger partial charge on any atom is 0.291 e. The lowest BCUT2D eigenvalue weighted by atomic mass is 10.1. The first kappa shape index (κ1) is 13.6. The van der Waals surface area contributed by atoms with Gasteiger partial charge in [-0.25, -0.2) is 4.39 Å². The van der Waals surface area contributed by atoms with Gasteiger partial charge in [0.2, 0.25) is 0 Å². The number of hydrogen-bond acceptors (Lipinski definition) is 3. The molecule has 0 saturated carbocycles. The number of carbonyl (C=O) groups excluding carboxylic acids is 1. The van der Waals surface area contributed by atoms with Gasteiger partial charge in [-0.3, -0.25) is 9.59 Å². The third kappa shape index (κ3) is 2.34. The molecule has 1 amide bonds. The molecule has 0 aliphatic heterocycles. The van der Waals surface area contributed by atoms with Crippen LogP contribution in [0.5, 0.6) is 0 Å². The number of nitrogens with zero attached hydrogens (tertiary/aromatic N) is 1. The van der Waals surface area contributed by atoms with Gasteiger partial charge in [0.25, 0.3) is 11.5 Å². The second kappa shape index (κ2) is 5.45. The SMILES string of the molecule is C#CCNC(=O)c1cc2cc(F)ccc2c(=O)n1OC. The van der Waals surface area contributed by atoms with Gasteiger partial charge in [0, 0.05) is 0 Å². The van der Waals surface area contributed by atoms with Crippen LogP contribution < -0.4 is 15.7 Å². The minimum atomic E-state index is -0.576. The van der Waals surface area contributed by atoms with E-state index in [0.29, 0.717) is 5.39 Å². The van der Waals surface area contributed by atoms with Crippen molar-refractivity contribution < 1.29 is 14.0 Å². The number of terminal acetylenes is 1. The molecule has 0 spiro atoms. The van der Waals surface area contributed by atoms with Crippen molar-refractivity contribution in [3.8, 4) is 12.3 Å². The summed E-state index contributed by atoms with van der Waals surface area (Å²) < 4.78 is 14.1. The van der Waals surface area contributed by atoms with E-state index < -0.39 is 17.3 Å². The summed E-state index contributed by atoms with van der Waals surface area (Å²) in [4.78, 5) is 29.0. The van der Waals surface area contributed by atoms with Gasteiger partial charge in [-0.05, 0) is 29.7 Å². The number of pyridine rings is 1. The Kier molecular flexibility index (Phi) is 3.71. The van der Waals surface area contributed by atoms with Crippen molar-refractivity contribution in [2.75, 3.05) is 13.7 Å². The second-order valence-corrected chi connectivity index (χ2v) is 3.93. The van der Waals surface area contributed by atoms with E-state index in [2.05, 4.69) is 11.2 Å². The highest BCUT2D eigenvalue weighted by atomic mass is 19.1. The molecule has 1 N–H and O–H groups in total. The van der Waals surface area contributed by atoms with Crippen molar-refractivity contribution in [1.29, 1.82) is 0 Å². The van der Waals surface area contributed by atoms with Gasteiger partial charge in [0.15, 0.2) is 0 Å². The molecule has 0 fully saturated rings. The molecule has 0 saturated heterocycles. The summed E-state index contributed by atoms with van der Waals surface area (Å²) in [5.74, 6) is 1.17. The molecule has 6 heteroatoms. The highest BCUT2D eigenvalue weighted by molar-refractivity contribution is 5.96. The zero-order chi connectivity index (χ0) is 14.7. The molecular weight excluding hydrogens is 263 g/mol. The van der Waals surface area contributed by atoms with Crippen LogP contribution in [-0.2, 0) is 0 Å². The number of hydrogen-bond donors (Lipinski definition) is 1. The van der Waals surface area contributed by atoms with Crippen molar-refractivity contribution >= 4 is 16.7 Å². The molecule has 102 valence electrons. The Bertz CT molecular complexity index is 774. The van der Waals surface area contributed by atoms with Crippen molar-refractivity contribution in [3.63, 3.8) is 0 Å². The summed E-state index contributed by atoms with van der Waals surface area (Å²) in [7, 11) is 1.26. The summed E-state index contributed by atoms with van der Waals surface area (Å²) in [6.45, 7) is 0.0118. The molecule has 0 radical (unpaired) electrons. The molecule has 2 rings (SSSR count). The van der Waals surface area contributed by atoms with Crippen LogP contribution in [0.4, 0.5) is 4.39 Å². The maximum absolute atomic E-state index is 13.2. The van der Waals surface area contributed by atoms with E-state index in [-0.39, 0.29) is 17.6 Å². The monoisotopic (exact) mass is 274 g/mol. The van der Waals surface area contributed by atoms with E-state index in [1.807, 2.05) is 0 Å². The summed E-state index contributed by atoms with van der Waals surface area (Å²) in [5.41, 5.74) is -0.596. The van der Waals surface area contributed by atoms with Crippen LogP contribution in [0.2, 0.25) is 0 Å². The smallest absolute Gasteiger partial charge is 0.291 e. The number of halogens is 1. The molecule has 1 heterocycles. The van der Waals surface area contributed by atoms with Crippen LogP contribution in [0.15, 0.2) is 29.1 Å². The highest BCUT2D eigenvalue weighted by Gasteiger charge is 2.16. The average molecular weight is 274 g/mol. The Labute approximate surface area is 113 Å². The fourth-order valence-electron chi connectivity index (χ4n) is 1.83. The molecule has 0 atom stereocenters. The van der Waals surface area contributed by atoms with Gasteiger partial charge in [-0.2, -0.15) is 0 Å². The lowest BCUT2D eigenvalue weighted by molar-refractivity contribution is 0.0889. The molecule has 0 bridgehead atoms. The van der Waals surface area contributed by atoms with Gasteiger partial charge < -0.3 is 10.2 Å². The average Bonchev–Trinajstić information content (AvgIpc) is 2.44. The fraction of sp³-hybridized carbons (Fsp3) is 0.143. The Balaban J connectivity index is 2.67. The van der Waals surface area contributed by atoms with Crippen LogP contribution in [0, 0.1) is 18.2 Å². The fourth-order valence-corrected chi connectivity index (χ4v) is 1.83. The zero-order valence-electron chi connectivity index (χ0n) is 10.6. The van der Waals surface area contributed by atoms with Gasteiger partial charge in [0.05, 0.1) is 11.9 Å². The maximum atomic E-state index is 13.2. The van der Waals surface area contributed by atoms with Crippen LogP contribution in [0.3, 0.4) is 0 Å².